The molecule has 0 unspecified atom stereocenters. The molecule has 18 rings (SSSR count). The summed E-state index contributed by atoms with van der Waals surface area (Å²) in [5.41, 5.74) is 34.4. The van der Waals surface area contributed by atoms with Crippen molar-refractivity contribution >= 4 is 101 Å². The number of carbonyl (C=O) groups is 4. The van der Waals surface area contributed by atoms with Gasteiger partial charge >= 0.3 is 0 Å². The number of nitrogen functional groups attached to an aromatic ring is 3. The molecule has 3 aliphatic heterocycles. The number of anilines is 6. The van der Waals surface area contributed by atoms with Gasteiger partial charge in [0.15, 0.2) is 16.9 Å². The number of hydrogen-bond acceptors (Lipinski definition) is 28. The van der Waals surface area contributed by atoms with Crippen molar-refractivity contribution in [2.24, 2.45) is 0 Å². The average molecular weight is 1820 g/mol. The number of ether oxygens (including phenoxy) is 1. The van der Waals surface area contributed by atoms with Crippen LogP contribution in [-0.4, -0.2) is 216 Å². The van der Waals surface area contributed by atoms with E-state index in [1.165, 1.54) is 40.7 Å². The zero-order valence-corrected chi connectivity index (χ0v) is 77.0. The minimum Gasteiger partial charge on any atom is -0.383 e. The molecule has 37 heteroatoms. The monoisotopic (exact) mass is 1820 g/mol. The lowest BCUT2D eigenvalue weighted by atomic mass is 9.93. The van der Waals surface area contributed by atoms with Crippen LogP contribution in [0.3, 0.4) is 0 Å². The van der Waals surface area contributed by atoms with Crippen LogP contribution in [0.15, 0.2) is 196 Å². The van der Waals surface area contributed by atoms with Crippen molar-refractivity contribution in [3.63, 3.8) is 0 Å². The molecule has 12 heterocycles. The molecule has 3 fully saturated rings. The standard InChI is InChI=1S/C33H37N9O3.C32H37N9O4S.C31H34N8O3/c1-21(43)41-15-13-40(14-16-41)19-22-5-7-23(8-6-22)30-29-31(34)35-20-36-32(29)42(38-30)26-11-9-24(10-12-26)37-28(44)18-25-17-27(45-39-25)33(2,3)4;1-32(2,3)26-17-24(38-45-26)18-27(42)36-23-9-11-25(12-10-23)41-31-28(30(33)34-20-35-31)29(37-41)22-7-5-21(6-8-22)19-39-13-15-40(16-14-39)46(4,43)44;1-31(2,3)25-16-23(37-42-25)17-26(40)35-22-8-10-24(11-9-22)39-30-27(29(32)33-19-34-30)28(36-39)21-6-4-20(5-7-21)18-38-12-14-41-15-13-38/h5-12,17,20H,13-16,18-19H2,1-4H3,(H,37,44)(H2,34,35,36);5-12,17,20H,13-16,18-19H2,1-4H3,(H,36,42)(H2,33,34,35);4-11,16,19H,12-15,17-18H2,1-3H3,(H,35,40)(H2,32,33,34). The van der Waals surface area contributed by atoms with Gasteiger partial charge in [-0.05, 0) is 89.5 Å². The number of sulfonamides is 1. The van der Waals surface area contributed by atoms with Crippen LogP contribution in [-0.2, 0) is 89.1 Å². The van der Waals surface area contributed by atoms with Crippen LogP contribution in [0, 0.1) is 0 Å². The number of nitrogens with two attached hydrogens (primary N) is 3. The highest BCUT2D eigenvalue weighted by molar-refractivity contribution is 7.88. The molecule has 0 bridgehead atoms. The third kappa shape index (κ3) is 22.1. The molecular formula is C96H108N26O10S. The van der Waals surface area contributed by atoms with Gasteiger partial charge in [0.1, 0.15) is 70.8 Å². The summed E-state index contributed by atoms with van der Waals surface area (Å²) in [6.07, 6.45) is 5.87. The van der Waals surface area contributed by atoms with Crippen molar-refractivity contribution < 1.29 is 45.9 Å². The van der Waals surface area contributed by atoms with Gasteiger partial charge in [-0.3, -0.25) is 33.9 Å². The van der Waals surface area contributed by atoms with E-state index >= 15 is 0 Å². The molecule has 0 spiro atoms. The summed E-state index contributed by atoms with van der Waals surface area (Å²) in [5.74, 6) is 2.81. The van der Waals surface area contributed by atoms with Crippen LogP contribution >= 0.6 is 0 Å². The van der Waals surface area contributed by atoms with E-state index in [9.17, 15) is 27.6 Å². The maximum atomic E-state index is 12.7. The molecule has 0 radical (unpaired) electrons. The second-order valence-corrected chi connectivity index (χ2v) is 38.4. The zero-order chi connectivity index (χ0) is 93.6. The second kappa shape index (κ2) is 39.0. The molecule has 4 amide bonds. The van der Waals surface area contributed by atoms with Crippen LogP contribution in [0.1, 0.15) is 120 Å². The Morgan fingerprint density at radius 3 is 0.940 bits per heavy atom. The van der Waals surface area contributed by atoms with Gasteiger partial charge in [-0.15, -0.1) is 0 Å². The number of nitrogens with one attached hydrogen (secondary N) is 3. The smallest absolute Gasteiger partial charge is 0.230 e. The van der Waals surface area contributed by atoms with E-state index in [1.807, 2.05) is 182 Å². The zero-order valence-electron chi connectivity index (χ0n) is 76.2. The van der Waals surface area contributed by atoms with Crippen LogP contribution in [0.25, 0.3) is 83.9 Å². The lowest BCUT2D eigenvalue weighted by Gasteiger charge is -2.34. The summed E-state index contributed by atoms with van der Waals surface area (Å²) in [7, 11) is -3.16. The first-order valence-corrected chi connectivity index (χ1v) is 45.8. The minimum atomic E-state index is -3.16. The van der Waals surface area contributed by atoms with Gasteiger partial charge in [-0.2, -0.15) is 19.6 Å². The Morgan fingerprint density at radius 2 is 0.669 bits per heavy atom. The van der Waals surface area contributed by atoms with Gasteiger partial charge in [0.25, 0.3) is 0 Å². The molecule has 133 heavy (non-hydrogen) atoms. The van der Waals surface area contributed by atoms with E-state index in [0.29, 0.717) is 128 Å². The Morgan fingerprint density at radius 1 is 0.383 bits per heavy atom. The number of aromatic nitrogens is 15. The fraction of sp³-hybridized carbons (Fsp3) is 0.333. The molecule has 0 aliphatic carbocycles. The van der Waals surface area contributed by atoms with Crippen molar-refractivity contribution in [2.45, 2.75) is 124 Å². The molecule has 0 saturated carbocycles. The van der Waals surface area contributed by atoms with Crippen molar-refractivity contribution in [3.8, 4) is 50.8 Å². The quantitative estimate of drug-likeness (QED) is 0.0367. The number of piperazine rings is 2. The number of rotatable bonds is 22. The maximum absolute atomic E-state index is 12.7. The summed E-state index contributed by atoms with van der Waals surface area (Å²) < 4.78 is 52.0. The summed E-state index contributed by atoms with van der Waals surface area (Å²) in [5, 5.41) is 37.6. The third-order valence-electron chi connectivity index (χ3n) is 23.2. The molecule has 688 valence electrons. The Bertz CT molecular complexity index is 6790. The van der Waals surface area contributed by atoms with E-state index in [-0.39, 0.29) is 59.1 Å². The first-order chi connectivity index (χ1) is 63.6. The van der Waals surface area contributed by atoms with Gasteiger partial charge in [0.2, 0.25) is 33.7 Å². The first kappa shape index (κ1) is 91.9. The Labute approximate surface area is 768 Å². The maximum Gasteiger partial charge on any atom is 0.230 e. The van der Waals surface area contributed by atoms with E-state index in [2.05, 4.69) is 112 Å². The largest absolute Gasteiger partial charge is 0.383 e. The van der Waals surface area contributed by atoms with Crippen molar-refractivity contribution in [2.75, 3.05) is 118 Å². The molecule has 36 nitrogen and oxygen atoms in total. The van der Waals surface area contributed by atoms with Gasteiger partial charge in [-0.25, -0.2) is 52.4 Å². The van der Waals surface area contributed by atoms with Crippen molar-refractivity contribution in [1.29, 1.82) is 0 Å². The fourth-order valence-corrected chi connectivity index (χ4v) is 16.6. The molecular weight excluding hydrogens is 1710 g/mol. The molecule has 0 atom stereocenters. The van der Waals surface area contributed by atoms with Crippen molar-refractivity contribution in [1.82, 2.24) is 98.6 Å². The number of carbonyl (C=O) groups excluding carboxylic acids is 4. The summed E-state index contributed by atoms with van der Waals surface area (Å²) in [6.45, 7) is 31.3. The predicted molar refractivity (Wildman–Crippen MR) is 507 cm³/mol. The van der Waals surface area contributed by atoms with E-state index < -0.39 is 10.0 Å². The number of morpholine rings is 1. The lowest BCUT2D eigenvalue weighted by Crippen LogP contribution is -2.47. The van der Waals surface area contributed by atoms with Crippen LogP contribution in [0.5, 0.6) is 0 Å². The van der Waals surface area contributed by atoms with Gasteiger partial charge in [-0.1, -0.05) is 151 Å². The normalized spacial score (nSPS) is 14.5. The van der Waals surface area contributed by atoms with Gasteiger partial charge in [0, 0.05) is 160 Å². The van der Waals surface area contributed by atoms with E-state index in [4.69, 9.17) is 50.8 Å². The summed E-state index contributed by atoms with van der Waals surface area (Å²) >= 11 is 0. The Kier molecular flexibility index (Phi) is 26.9. The topological polar surface area (TPSA) is 451 Å². The first-order valence-electron chi connectivity index (χ1n) is 43.9. The fourth-order valence-electron chi connectivity index (χ4n) is 15.8. The number of hydrogen-bond donors (Lipinski definition) is 6. The highest BCUT2D eigenvalue weighted by atomic mass is 32.2. The predicted octanol–water partition coefficient (Wildman–Crippen LogP) is 12.2. The SMILES string of the molecule is CC(=O)N1CCN(Cc2ccc(-c3nn(-c4ccc(NC(=O)Cc5cc(C(C)(C)C)on5)cc4)c4ncnc(N)c34)cc2)CC1.CC(C)(C)c1cc(CC(=O)Nc2ccc(-n3nc(-c4ccc(CN5CCN(S(C)(=O)=O)CC5)cc4)c4c(N)ncnc43)cc2)no1.CC(C)(C)c1cc(CC(=O)Nc2ccc(-n3nc(-c4ccc(CN5CCOCC5)cc4)c4c(N)ncnc43)cc2)no1. The van der Waals surface area contributed by atoms with Crippen LogP contribution in [0.4, 0.5) is 34.5 Å². The molecule has 9 N–H and O–H groups in total. The number of fused-ring (bicyclic) bond motifs is 3. The molecule has 3 saturated heterocycles. The number of benzene rings is 6. The van der Waals surface area contributed by atoms with Crippen LogP contribution in [0.2, 0.25) is 0 Å². The van der Waals surface area contributed by atoms with Gasteiger partial charge < -0.3 is 56.4 Å². The summed E-state index contributed by atoms with van der Waals surface area (Å²) in [6, 6.07) is 52.3. The molecule has 9 aromatic heterocycles. The summed E-state index contributed by atoms with van der Waals surface area (Å²) in [4.78, 5) is 84.7. The number of amides is 4. The van der Waals surface area contributed by atoms with Crippen LogP contribution < -0.4 is 33.2 Å². The third-order valence-corrected chi connectivity index (χ3v) is 24.5. The van der Waals surface area contributed by atoms with E-state index in [1.54, 1.807) is 33.1 Å². The lowest BCUT2D eigenvalue weighted by molar-refractivity contribution is -0.130. The second-order valence-electron chi connectivity index (χ2n) is 36.5. The Hall–Kier alpha value is -14.4. The highest BCUT2D eigenvalue weighted by Gasteiger charge is 2.30. The molecule has 15 aromatic rings. The van der Waals surface area contributed by atoms with Gasteiger partial charge in [0.05, 0.1) is 89.0 Å². The molecule has 6 aromatic carbocycles. The number of nitrogens with zero attached hydrogens (tertiary/aromatic N) is 20. The average Bonchev–Trinajstić information content (AvgIpc) is 1.62. The molecule has 3 aliphatic rings. The van der Waals surface area contributed by atoms with Crippen molar-refractivity contribution in [3.05, 3.63) is 234 Å². The minimum absolute atomic E-state index is 0.100. The highest BCUT2D eigenvalue weighted by Crippen LogP contribution is 2.38. The Balaban J connectivity index is 0.000000145. The van der Waals surface area contributed by atoms with E-state index in [0.717, 1.165) is 129 Å².